The summed E-state index contributed by atoms with van der Waals surface area (Å²) in [4.78, 5) is 16.0. The summed E-state index contributed by atoms with van der Waals surface area (Å²) in [6.07, 6.45) is 7.02. The third-order valence-corrected chi connectivity index (χ3v) is 3.07. The maximum atomic E-state index is 12.0. The number of carbonyl (C=O) groups is 1. The van der Waals surface area contributed by atoms with Crippen molar-refractivity contribution >= 4 is 23.2 Å². The minimum Gasteiger partial charge on any atom is -0.323 e. The Hall–Kier alpha value is -2.11. The van der Waals surface area contributed by atoms with Crippen LogP contribution in [0.15, 0.2) is 49.6 Å². The maximum absolute atomic E-state index is 12.0. The molecular formula is C14H15ClN4O. The average Bonchev–Trinajstić information content (AvgIpc) is 2.92. The third kappa shape index (κ3) is 3.07. The van der Waals surface area contributed by atoms with Gasteiger partial charge in [-0.05, 0) is 18.6 Å². The van der Waals surface area contributed by atoms with Gasteiger partial charge in [0.05, 0.1) is 28.8 Å². The fourth-order valence-electron chi connectivity index (χ4n) is 1.78. The van der Waals surface area contributed by atoms with Crippen LogP contribution in [0, 0.1) is 0 Å². The van der Waals surface area contributed by atoms with Crippen molar-refractivity contribution in [3.63, 3.8) is 0 Å². The van der Waals surface area contributed by atoms with E-state index in [2.05, 4.69) is 16.9 Å². The Bertz CT molecular complexity index is 610. The molecular weight excluding hydrogens is 276 g/mol. The van der Waals surface area contributed by atoms with Crippen molar-refractivity contribution in [1.29, 1.82) is 0 Å². The van der Waals surface area contributed by atoms with Crippen LogP contribution in [0.1, 0.15) is 6.42 Å². The molecule has 0 aliphatic rings. The Morgan fingerprint density at radius 2 is 2.40 bits per heavy atom. The smallest absolute Gasteiger partial charge is 0.241 e. The summed E-state index contributed by atoms with van der Waals surface area (Å²) >= 11 is 6.20. The predicted molar refractivity (Wildman–Crippen MR) is 80.0 cm³/mol. The molecule has 1 heterocycles. The number of amides is 1. The number of hydrogen-bond donors (Lipinski definition) is 2. The van der Waals surface area contributed by atoms with Crippen LogP contribution in [-0.4, -0.2) is 21.5 Å². The molecule has 0 spiro atoms. The van der Waals surface area contributed by atoms with Crippen LogP contribution in [-0.2, 0) is 4.79 Å². The average molecular weight is 291 g/mol. The van der Waals surface area contributed by atoms with Crippen LogP contribution >= 0.6 is 11.6 Å². The molecule has 6 heteroatoms. The maximum Gasteiger partial charge on any atom is 0.241 e. The van der Waals surface area contributed by atoms with Gasteiger partial charge in [0.2, 0.25) is 5.91 Å². The number of rotatable bonds is 5. The topological polar surface area (TPSA) is 72.9 Å². The van der Waals surface area contributed by atoms with E-state index in [0.29, 0.717) is 22.8 Å². The molecule has 1 aromatic heterocycles. The Morgan fingerprint density at radius 3 is 3.05 bits per heavy atom. The largest absolute Gasteiger partial charge is 0.323 e. The van der Waals surface area contributed by atoms with Crippen molar-refractivity contribution in [2.45, 2.75) is 12.5 Å². The molecule has 5 nitrogen and oxygen atoms in total. The molecule has 1 unspecified atom stereocenters. The van der Waals surface area contributed by atoms with Crippen LogP contribution in [0.25, 0.3) is 5.69 Å². The predicted octanol–water partition coefficient (Wildman–Crippen LogP) is 2.37. The molecule has 1 atom stereocenters. The summed E-state index contributed by atoms with van der Waals surface area (Å²) in [6.45, 7) is 3.57. The van der Waals surface area contributed by atoms with E-state index in [1.54, 1.807) is 47.6 Å². The standard InChI is InChI=1S/C14H15ClN4O/c1-2-4-11(16)14(20)18-12-6-3-5-10(15)13(12)19-8-7-17-9-19/h2-3,5-9,11H,1,4,16H2,(H,18,20). The monoisotopic (exact) mass is 290 g/mol. The van der Waals surface area contributed by atoms with Crippen molar-refractivity contribution in [2.24, 2.45) is 5.73 Å². The highest BCUT2D eigenvalue weighted by Crippen LogP contribution is 2.28. The first-order valence-electron chi connectivity index (χ1n) is 6.07. The van der Waals surface area contributed by atoms with Gasteiger partial charge < -0.3 is 15.6 Å². The molecule has 2 aromatic rings. The van der Waals surface area contributed by atoms with Crippen LogP contribution in [0.3, 0.4) is 0 Å². The highest BCUT2D eigenvalue weighted by molar-refractivity contribution is 6.33. The van der Waals surface area contributed by atoms with Gasteiger partial charge >= 0.3 is 0 Å². The SMILES string of the molecule is C=CCC(N)C(=O)Nc1cccc(Cl)c1-n1ccnc1. The first-order valence-corrected chi connectivity index (χ1v) is 6.45. The molecule has 0 saturated carbocycles. The van der Waals surface area contributed by atoms with Gasteiger partial charge in [0.25, 0.3) is 0 Å². The lowest BCUT2D eigenvalue weighted by Crippen LogP contribution is -2.35. The number of imidazole rings is 1. The number of nitrogens with two attached hydrogens (primary N) is 1. The lowest BCUT2D eigenvalue weighted by atomic mass is 10.2. The molecule has 104 valence electrons. The molecule has 20 heavy (non-hydrogen) atoms. The minimum atomic E-state index is -0.637. The van der Waals surface area contributed by atoms with Crippen molar-refractivity contribution in [1.82, 2.24) is 9.55 Å². The summed E-state index contributed by atoms with van der Waals surface area (Å²) < 4.78 is 1.73. The lowest BCUT2D eigenvalue weighted by Gasteiger charge is -2.15. The van der Waals surface area contributed by atoms with Crippen molar-refractivity contribution in [2.75, 3.05) is 5.32 Å². The van der Waals surface area contributed by atoms with Crippen molar-refractivity contribution < 1.29 is 4.79 Å². The quantitative estimate of drug-likeness (QED) is 0.830. The highest BCUT2D eigenvalue weighted by atomic mass is 35.5. The Labute approximate surface area is 122 Å². The Kier molecular flexibility index (Phi) is 4.55. The van der Waals surface area contributed by atoms with Gasteiger partial charge in [-0.15, -0.1) is 6.58 Å². The third-order valence-electron chi connectivity index (χ3n) is 2.76. The lowest BCUT2D eigenvalue weighted by molar-refractivity contribution is -0.117. The first-order chi connectivity index (χ1) is 9.63. The number of nitrogens with zero attached hydrogens (tertiary/aromatic N) is 2. The number of anilines is 1. The first kappa shape index (κ1) is 14.3. The van der Waals surface area contributed by atoms with Crippen molar-refractivity contribution in [3.8, 4) is 5.69 Å². The number of nitrogens with one attached hydrogen (secondary N) is 1. The van der Waals surface area contributed by atoms with Gasteiger partial charge in [0.1, 0.15) is 0 Å². The second-order valence-electron chi connectivity index (χ2n) is 4.23. The second kappa shape index (κ2) is 6.36. The number of hydrogen-bond acceptors (Lipinski definition) is 3. The van der Waals surface area contributed by atoms with E-state index in [-0.39, 0.29) is 5.91 Å². The second-order valence-corrected chi connectivity index (χ2v) is 4.63. The molecule has 0 bridgehead atoms. The summed E-state index contributed by atoms with van der Waals surface area (Å²) in [5, 5.41) is 3.29. The van der Waals surface area contributed by atoms with Gasteiger partial charge in [0, 0.05) is 12.4 Å². The zero-order chi connectivity index (χ0) is 14.5. The van der Waals surface area contributed by atoms with E-state index < -0.39 is 6.04 Å². The number of para-hydroxylation sites is 1. The van der Waals surface area contributed by atoms with Gasteiger partial charge in [-0.3, -0.25) is 4.79 Å². The molecule has 3 N–H and O–H groups in total. The summed E-state index contributed by atoms with van der Waals surface area (Å²) in [6, 6.07) is 4.63. The molecule has 0 saturated heterocycles. The fraction of sp³-hybridized carbons (Fsp3) is 0.143. The van der Waals surface area contributed by atoms with E-state index in [9.17, 15) is 4.79 Å². The van der Waals surface area contributed by atoms with E-state index in [4.69, 9.17) is 17.3 Å². The Morgan fingerprint density at radius 1 is 1.60 bits per heavy atom. The molecule has 1 aromatic carbocycles. The zero-order valence-corrected chi connectivity index (χ0v) is 11.5. The van der Waals surface area contributed by atoms with E-state index >= 15 is 0 Å². The molecule has 0 fully saturated rings. The van der Waals surface area contributed by atoms with Crippen LogP contribution < -0.4 is 11.1 Å². The minimum absolute atomic E-state index is 0.284. The molecule has 0 aliphatic carbocycles. The van der Waals surface area contributed by atoms with Gasteiger partial charge in [-0.2, -0.15) is 0 Å². The van der Waals surface area contributed by atoms with E-state index in [1.165, 1.54) is 0 Å². The summed E-state index contributed by atoms with van der Waals surface area (Å²) in [5.74, 6) is -0.284. The molecule has 0 aliphatic heterocycles. The number of halogens is 1. The van der Waals surface area contributed by atoms with Crippen LogP contribution in [0.5, 0.6) is 0 Å². The molecule has 1 amide bonds. The van der Waals surface area contributed by atoms with Gasteiger partial charge in [-0.1, -0.05) is 23.7 Å². The van der Waals surface area contributed by atoms with Crippen LogP contribution in [0.2, 0.25) is 5.02 Å². The van der Waals surface area contributed by atoms with Gasteiger partial charge in [0.15, 0.2) is 0 Å². The van der Waals surface area contributed by atoms with Crippen LogP contribution in [0.4, 0.5) is 5.69 Å². The summed E-state index contributed by atoms with van der Waals surface area (Å²) in [5.41, 5.74) is 6.99. The fourth-order valence-corrected chi connectivity index (χ4v) is 2.05. The number of carbonyl (C=O) groups excluding carboxylic acids is 1. The number of aromatic nitrogens is 2. The van der Waals surface area contributed by atoms with Gasteiger partial charge in [-0.25, -0.2) is 4.98 Å². The molecule has 2 rings (SSSR count). The Balaban J connectivity index is 2.31. The normalized spacial score (nSPS) is 11.9. The molecule has 0 radical (unpaired) electrons. The van der Waals surface area contributed by atoms with Crippen molar-refractivity contribution in [3.05, 3.63) is 54.6 Å². The summed E-state index contributed by atoms with van der Waals surface area (Å²) in [7, 11) is 0. The van der Waals surface area contributed by atoms with E-state index in [0.717, 1.165) is 0 Å². The zero-order valence-electron chi connectivity index (χ0n) is 10.8. The highest BCUT2D eigenvalue weighted by Gasteiger charge is 2.15. The van der Waals surface area contributed by atoms with E-state index in [1.807, 2.05) is 0 Å². The number of benzene rings is 1.